The van der Waals surface area contributed by atoms with Gasteiger partial charge in [-0.25, -0.2) is 4.98 Å². The van der Waals surface area contributed by atoms with Crippen LogP contribution in [0.3, 0.4) is 0 Å². The minimum Gasteiger partial charge on any atom is -0.354 e. The molecule has 25 heavy (non-hydrogen) atoms. The lowest BCUT2D eigenvalue weighted by Gasteiger charge is -2.36. The summed E-state index contributed by atoms with van der Waals surface area (Å²) >= 11 is 0. The zero-order valence-electron chi connectivity index (χ0n) is 15.4. The molecule has 1 atom stereocenters. The second kappa shape index (κ2) is 9.15. The molecule has 1 unspecified atom stereocenters. The van der Waals surface area contributed by atoms with Gasteiger partial charge in [0.25, 0.3) is 0 Å². The number of aromatic nitrogens is 1. The highest BCUT2D eigenvalue weighted by Gasteiger charge is 2.26. The molecule has 0 aromatic carbocycles. The van der Waals surface area contributed by atoms with Gasteiger partial charge in [-0.05, 0) is 31.5 Å². The topological polar surface area (TPSA) is 51.7 Å². The van der Waals surface area contributed by atoms with Crippen molar-refractivity contribution < 1.29 is 4.79 Å². The Morgan fingerprint density at radius 3 is 2.80 bits per heavy atom. The molecule has 2 saturated heterocycles. The third-order valence-corrected chi connectivity index (χ3v) is 5.25. The Hall–Kier alpha value is -1.66. The summed E-state index contributed by atoms with van der Waals surface area (Å²) in [7, 11) is 0. The van der Waals surface area contributed by atoms with Crippen molar-refractivity contribution in [2.45, 2.75) is 32.2 Å². The highest BCUT2D eigenvalue weighted by Crippen LogP contribution is 2.14. The fourth-order valence-corrected chi connectivity index (χ4v) is 3.80. The Bertz CT molecular complexity index is 524. The lowest BCUT2D eigenvalue weighted by atomic mass is 10.2. The number of hydrogen-bond acceptors (Lipinski definition) is 5. The van der Waals surface area contributed by atoms with E-state index in [1.54, 1.807) is 0 Å². The first-order valence-corrected chi connectivity index (χ1v) is 9.66. The lowest BCUT2D eigenvalue weighted by Crippen LogP contribution is -2.48. The number of piperazine rings is 1. The first kappa shape index (κ1) is 18.1. The second-order valence-electron chi connectivity index (χ2n) is 7.00. The molecule has 1 aromatic rings. The number of nitrogens with zero attached hydrogens (tertiary/aromatic N) is 4. The third-order valence-electron chi connectivity index (χ3n) is 5.25. The SMILES string of the molecule is CCCN(C(=O)CCN1CCN(c2ccccn2)CC1)C1CCNC1. The number of nitrogens with one attached hydrogen (secondary N) is 1. The Morgan fingerprint density at radius 2 is 2.16 bits per heavy atom. The highest BCUT2D eigenvalue weighted by atomic mass is 16.2. The van der Waals surface area contributed by atoms with Gasteiger partial charge in [0, 0.05) is 64.5 Å². The highest BCUT2D eigenvalue weighted by molar-refractivity contribution is 5.76. The van der Waals surface area contributed by atoms with E-state index in [1.807, 2.05) is 18.3 Å². The molecule has 0 saturated carbocycles. The van der Waals surface area contributed by atoms with Gasteiger partial charge in [-0.15, -0.1) is 0 Å². The van der Waals surface area contributed by atoms with Crippen molar-refractivity contribution in [1.29, 1.82) is 0 Å². The van der Waals surface area contributed by atoms with E-state index in [4.69, 9.17) is 0 Å². The molecule has 6 heteroatoms. The van der Waals surface area contributed by atoms with E-state index in [0.29, 0.717) is 18.4 Å². The molecule has 0 aliphatic carbocycles. The normalized spacial score (nSPS) is 21.5. The average Bonchev–Trinajstić information content (AvgIpc) is 3.19. The number of amides is 1. The van der Waals surface area contributed by atoms with Crippen LogP contribution in [-0.4, -0.2) is 79.1 Å². The quantitative estimate of drug-likeness (QED) is 0.805. The standard InChI is InChI=1S/C19H31N5O/c1-2-10-24(17-6-9-20-16-17)19(25)7-11-22-12-14-23(15-13-22)18-5-3-4-8-21-18/h3-5,8,17,20H,2,6-7,9-16H2,1H3. The molecule has 2 aliphatic heterocycles. The molecule has 1 N–H and O–H groups in total. The molecule has 0 spiro atoms. The van der Waals surface area contributed by atoms with Crippen molar-refractivity contribution in [3.63, 3.8) is 0 Å². The van der Waals surface area contributed by atoms with Crippen molar-refractivity contribution in [2.24, 2.45) is 0 Å². The summed E-state index contributed by atoms with van der Waals surface area (Å²) in [4.78, 5) is 24.0. The Balaban J connectivity index is 1.43. The molecule has 2 fully saturated rings. The Kier molecular flexibility index (Phi) is 6.64. The summed E-state index contributed by atoms with van der Waals surface area (Å²) in [6, 6.07) is 6.45. The first-order chi connectivity index (χ1) is 12.3. The largest absolute Gasteiger partial charge is 0.354 e. The van der Waals surface area contributed by atoms with Gasteiger partial charge in [-0.2, -0.15) is 0 Å². The predicted octanol–water partition coefficient (Wildman–Crippen LogP) is 1.19. The van der Waals surface area contributed by atoms with Gasteiger partial charge >= 0.3 is 0 Å². The average molecular weight is 345 g/mol. The maximum atomic E-state index is 12.7. The molecule has 1 aromatic heterocycles. The van der Waals surface area contributed by atoms with Gasteiger partial charge in [0.05, 0.1) is 0 Å². The molecule has 1 amide bonds. The molecule has 0 bridgehead atoms. The molecule has 6 nitrogen and oxygen atoms in total. The van der Waals surface area contributed by atoms with E-state index in [-0.39, 0.29) is 0 Å². The van der Waals surface area contributed by atoms with E-state index in [0.717, 1.165) is 71.0 Å². The van der Waals surface area contributed by atoms with Crippen molar-refractivity contribution in [2.75, 3.05) is 57.3 Å². The van der Waals surface area contributed by atoms with Crippen molar-refractivity contribution in [1.82, 2.24) is 20.1 Å². The van der Waals surface area contributed by atoms with Crippen LogP contribution in [0.5, 0.6) is 0 Å². The summed E-state index contributed by atoms with van der Waals surface area (Å²) < 4.78 is 0. The van der Waals surface area contributed by atoms with E-state index in [1.165, 1.54) is 0 Å². The number of pyridine rings is 1. The van der Waals surface area contributed by atoms with Crippen molar-refractivity contribution in [3.05, 3.63) is 24.4 Å². The van der Waals surface area contributed by atoms with Gasteiger partial charge in [0.1, 0.15) is 5.82 Å². The van der Waals surface area contributed by atoms with Crippen LogP contribution in [0.15, 0.2) is 24.4 Å². The van der Waals surface area contributed by atoms with Crippen LogP contribution in [-0.2, 0) is 4.79 Å². The number of rotatable bonds is 7. The summed E-state index contributed by atoms with van der Waals surface area (Å²) in [5, 5.41) is 3.38. The van der Waals surface area contributed by atoms with E-state index >= 15 is 0 Å². The van der Waals surface area contributed by atoms with Crippen LogP contribution in [0.2, 0.25) is 0 Å². The second-order valence-corrected chi connectivity index (χ2v) is 7.00. The molecular formula is C19H31N5O. The maximum absolute atomic E-state index is 12.7. The summed E-state index contributed by atoms with van der Waals surface area (Å²) in [5.74, 6) is 1.38. The minimum atomic E-state index is 0.322. The van der Waals surface area contributed by atoms with Gasteiger partial charge in [-0.3, -0.25) is 9.69 Å². The van der Waals surface area contributed by atoms with Gasteiger partial charge in [-0.1, -0.05) is 13.0 Å². The fraction of sp³-hybridized carbons (Fsp3) is 0.684. The third kappa shape index (κ3) is 4.92. The van der Waals surface area contributed by atoms with Crippen LogP contribution < -0.4 is 10.2 Å². The Morgan fingerprint density at radius 1 is 1.32 bits per heavy atom. The number of anilines is 1. The number of carbonyl (C=O) groups is 1. The molecule has 138 valence electrons. The summed E-state index contributed by atoms with van der Waals surface area (Å²) in [6.45, 7) is 9.87. The first-order valence-electron chi connectivity index (χ1n) is 9.66. The van der Waals surface area contributed by atoms with Crippen LogP contribution >= 0.6 is 0 Å². The number of carbonyl (C=O) groups excluding carboxylic acids is 1. The van der Waals surface area contributed by atoms with E-state index in [2.05, 4.69) is 38.0 Å². The molecular weight excluding hydrogens is 314 g/mol. The minimum absolute atomic E-state index is 0.322. The monoisotopic (exact) mass is 345 g/mol. The zero-order chi connectivity index (χ0) is 17.5. The predicted molar refractivity (Wildman–Crippen MR) is 101 cm³/mol. The van der Waals surface area contributed by atoms with Crippen LogP contribution in [0, 0.1) is 0 Å². The molecule has 3 rings (SSSR count). The Labute approximate surface area is 151 Å². The zero-order valence-corrected chi connectivity index (χ0v) is 15.4. The summed E-state index contributed by atoms with van der Waals surface area (Å²) in [6.07, 6.45) is 4.61. The lowest BCUT2D eigenvalue weighted by molar-refractivity contribution is -0.133. The van der Waals surface area contributed by atoms with Crippen LogP contribution in [0.1, 0.15) is 26.2 Å². The van der Waals surface area contributed by atoms with Gasteiger partial charge in [0.2, 0.25) is 5.91 Å². The van der Waals surface area contributed by atoms with Gasteiger partial charge in [0.15, 0.2) is 0 Å². The van der Waals surface area contributed by atoms with Crippen LogP contribution in [0.4, 0.5) is 5.82 Å². The van der Waals surface area contributed by atoms with Crippen molar-refractivity contribution in [3.8, 4) is 0 Å². The maximum Gasteiger partial charge on any atom is 0.224 e. The molecule has 2 aliphatic rings. The smallest absolute Gasteiger partial charge is 0.224 e. The molecule has 3 heterocycles. The van der Waals surface area contributed by atoms with E-state index in [9.17, 15) is 4.79 Å². The van der Waals surface area contributed by atoms with E-state index < -0.39 is 0 Å². The summed E-state index contributed by atoms with van der Waals surface area (Å²) in [5.41, 5.74) is 0. The van der Waals surface area contributed by atoms with Gasteiger partial charge < -0.3 is 15.1 Å². The van der Waals surface area contributed by atoms with Crippen LogP contribution in [0.25, 0.3) is 0 Å². The fourth-order valence-electron chi connectivity index (χ4n) is 3.80. The number of hydrogen-bond donors (Lipinski definition) is 1. The van der Waals surface area contributed by atoms with Crippen molar-refractivity contribution >= 4 is 11.7 Å². The molecule has 0 radical (unpaired) electrons.